The molecule has 12 heteroatoms. The van der Waals surface area contributed by atoms with Gasteiger partial charge in [0.25, 0.3) is 0 Å². The van der Waals surface area contributed by atoms with Crippen LogP contribution in [0.5, 0.6) is 0 Å². The Balaban J connectivity index is 3.60. The number of ether oxygens (including phenoxy) is 5. The monoisotopic (exact) mass is 460 g/mol. The lowest BCUT2D eigenvalue weighted by atomic mass is 10.3. The molecule has 6 atom stereocenters. The van der Waals surface area contributed by atoms with Gasteiger partial charge in [-0.15, -0.1) is 0 Å². The van der Waals surface area contributed by atoms with Crippen molar-refractivity contribution in [2.75, 3.05) is 72.7 Å². The van der Waals surface area contributed by atoms with Gasteiger partial charge >= 0.3 is 0 Å². The topological polar surface area (TPSA) is 188 Å². The fourth-order valence-electron chi connectivity index (χ4n) is 2.06. The van der Waals surface area contributed by atoms with E-state index in [0.29, 0.717) is 6.42 Å². The van der Waals surface area contributed by atoms with Crippen LogP contribution in [0.4, 0.5) is 0 Å². The molecule has 0 aliphatic heterocycles. The van der Waals surface area contributed by atoms with E-state index in [4.69, 9.17) is 33.9 Å². The summed E-state index contributed by atoms with van der Waals surface area (Å²) in [4.78, 5) is 0. The zero-order valence-electron chi connectivity index (χ0n) is 18.1. The highest BCUT2D eigenvalue weighted by Crippen LogP contribution is 1.97. The van der Waals surface area contributed by atoms with Crippen LogP contribution in [0.2, 0.25) is 0 Å². The predicted molar refractivity (Wildman–Crippen MR) is 108 cm³/mol. The third-order valence-corrected chi connectivity index (χ3v) is 3.78. The molecule has 0 amide bonds. The second-order valence-electron chi connectivity index (χ2n) is 7.20. The van der Waals surface area contributed by atoms with Crippen LogP contribution in [0.3, 0.4) is 0 Å². The van der Waals surface area contributed by atoms with Gasteiger partial charge in [-0.05, 0) is 6.42 Å². The van der Waals surface area contributed by atoms with E-state index >= 15 is 0 Å². The highest BCUT2D eigenvalue weighted by atomic mass is 16.5. The zero-order valence-corrected chi connectivity index (χ0v) is 18.1. The van der Waals surface area contributed by atoms with Gasteiger partial charge in [0.15, 0.2) is 0 Å². The van der Waals surface area contributed by atoms with Crippen molar-refractivity contribution >= 4 is 0 Å². The van der Waals surface area contributed by atoms with E-state index in [0.717, 1.165) is 0 Å². The molecule has 12 nitrogen and oxygen atoms in total. The molecule has 31 heavy (non-hydrogen) atoms. The predicted octanol–water partition coefficient (Wildman–Crippen LogP) is -3.36. The summed E-state index contributed by atoms with van der Waals surface area (Å²) >= 11 is 0. The van der Waals surface area contributed by atoms with Crippen molar-refractivity contribution in [1.29, 1.82) is 0 Å². The molecule has 0 aliphatic carbocycles. The van der Waals surface area contributed by atoms with Crippen LogP contribution in [-0.2, 0) is 23.7 Å². The summed E-state index contributed by atoms with van der Waals surface area (Å²) in [6.07, 6.45) is -4.74. The normalized spacial score (nSPS) is 17.8. The average Bonchev–Trinajstić information content (AvgIpc) is 2.73. The second kappa shape index (κ2) is 20.1. The van der Waals surface area contributed by atoms with Crippen LogP contribution in [0.15, 0.2) is 0 Å². The summed E-state index contributed by atoms with van der Waals surface area (Å²) in [5.41, 5.74) is 0. The molecule has 0 saturated carbocycles. The highest BCUT2D eigenvalue weighted by molar-refractivity contribution is 4.59. The summed E-state index contributed by atoms with van der Waals surface area (Å²) in [5, 5.41) is 65.8. The first kappa shape index (κ1) is 30.5. The van der Waals surface area contributed by atoms with Gasteiger partial charge in [0.2, 0.25) is 0 Å². The fourth-order valence-corrected chi connectivity index (χ4v) is 2.06. The van der Waals surface area contributed by atoms with Crippen LogP contribution >= 0.6 is 0 Å². The SMILES string of the molecule is CCC(O)COCC(O)COCC(O)COCC(O)COCC(O)COCC(O)CO. The van der Waals surface area contributed by atoms with E-state index in [1.54, 1.807) is 0 Å². The maximum absolute atomic E-state index is 9.75. The van der Waals surface area contributed by atoms with Crippen LogP contribution in [0, 0.1) is 0 Å². The lowest BCUT2D eigenvalue weighted by Crippen LogP contribution is -2.31. The molecular formula is C19H40O12. The summed E-state index contributed by atoms with van der Waals surface area (Å²) in [5.74, 6) is 0. The minimum atomic E-state index is -1.00. The zero-order chi connectivity index (χ0) is 23.5. The Morgan fingerprint density at radius 3 is 0.871 bits per heavy atom. The largest absolute Gasteiger partial charge is 0.394 e. The van der Waals surface area contributed by atoms with Crippen molar-refractivity contribution < 1.29 is 59.4 Å². The Morgan fingerprint density at radius 2 is 0.645 bits per heavy atom. The van der Waals surface area contributed by atoms with Gasteiger partial charge in [0.1, 0.15) is 30.5 Å². The van der Waals surface area contributed by atoms with Gasteiger partial charge in [-0.1, -0.05) is 6.92 Å². The quantitative estimate of drug-likeness (QED) is 0.0851. The van der Waals surface area contributed by atoms with Crippen molar-refractivity contribution in [1.82, 2.24) is 0 Å². The van der Waals surface area contributed by atoms with E-state index in [1.165, 1.54) is 0 Å². The fraction of sp³-hybridized carbons (Fsp3) is 1.00. The van der Waals surface area contributed by atoms with E-state index < -0.39 is 43.2 Å². The molecule has 6 unspecified atom stereocenters. The first-order valence-electron chi connectivity index (χ1n) is 10.4. The summed E-state index contributed by atoms with van der Waals surface area (Å²) in [7, 11) is 0. The maximum Gasteiger partial charge on any atom is 0.101 e. The van der Waals surface area contributed by atoms with E-state index in [9.17, 15) is 25.5 Å². The molecule has 0 fully saturated rings. The van der Waals surface area contributed by atoms with Crippen molar-refractivity contribution in [3.05, 3.63) is 0 Å². The molecule has 0 radical (unpaired) electrons. The molecule has 0 aliphatic rings. The molecule has 0 spiro atoms. The van der Waals surface area contributed by atoms with Crippen molar-refractivity contribution in [3.8, 4) is 0 Å². The van der Waals surface area contributed by atoms with Gasteiger partial charge in [0, 0.05) is 0 Å². The minimum absolute atomic E-state index is 0.0152. The molecule has 0 saturated heterocycles. The Morgan fingerprint density at radius 1 is 0.419 bits per heavy atom. The summed E-state index contributed by atoms with van der Waals surface area (Å²) in [6, 6.07) is 0. The highest BCUT2D eigenvalue weighted by Gasteiger charge is 2.12. The van der Waals surface area contributed by atoms with E-state index in [2.05, 4.69) is 0 Å². The Labute approximate surface area is 182 Å². The Hall–Kier alpha value is -0.480. The van der Waals surface area contributed by atoms with Crippen LogP contribution in [0.1, 0.15) is 13.3 Å². The molecule has 0 bridgehead atoms. The molecule has 188 valence electrons. The third-order valence-electron chi connectivity index (χ3n) is 3.78. The molecule has 7 N–H and O–H groups in total. The van der Waals surface area contributed by atoms with Crippen LogP contribution in [-0.4, -0.2) is 145 Å². The summed E-state index contributed by atoms with van der Waals surface area (Å²) < 4.78 is 25.6. The summed E-state index contributed by atoms with van der Waals surface area (Å²) in [6.45, 7) is 0.871. The molecular weight excluding hydrogens is 420 g/mol. The van der Waals surface area contributed by atoms with Gasteiger partial charge in [-0.25, -0.2) is 0 Å². The standard InChI is InChI=1S/C19H40O12/c1-2-14(21)4-27-6-16(23)8-29-10-18(25)12-31-13-19(26)11-30-9-17(24)7-28-5-15(22)3-20/h14-26H,2-13H2,1H3. The number of hydrogen-bond donors (Lipinski definition) is 7. The van der Waals surface area contributed by atoms with Crippen molar-refractivity contribution in [2.45, 2.75) is 50.0 Å². The van der Waals surface area contributed by atoms with E-state index in [1.807, 2.05) is 6.92 Å². The van der Waals surface area contributed by atoms with Crippen molar-refractivity contribution in [3.63, 3.8) is 0 Å². The average molecular weight is 461 g/mol. The molecule has 0 heterocycles. The van der Waals surface area contributed by atoms with Gasteiger partial charge in [-0.3, -0.25) is 0 Å². The minimum Gasteiger partial charge on any atom is -0.394 e. The number of aliphatic hydroxyl groups excluding tert-OH is 7. The lowest BCUT2D eigenvalue weighted by molar-refractivity contribution is -0.0832. The second-order valence-corrected chi connectivity index (χ2v) is 7.20. The van der Waals surface area contributed by atoms with Gasteiger partial charge in [-0.2, -0.15) is 0 Å². The Bertz CT molecular complexity index is 355. The Kier molecular flexibility index (Phi) is 19.8. The first-order chi connectivity index (χ1) is 14.8. The molecule has 0 rings (SSSR count). The third kappa shape index (κ3) is 19.9. The van der Waals surface area contributed by atoms with Crippen LogP contribution in [0.25, 0.3) is 0 Å². The molecule has 0 aromatic carbocycles. The molecule has 0 aromatic heterocycles. The number of rotatable bonds is 22. The van der Waals surface area contributed by atoms with Gasteiger partial charge in [0.05, 0.1) is 78.8 Å². The number of aliphatic hydroxyl groups is 7. The lowest BCUT2D eigenvalue weighted by Gasteiger charge is -2.17. The smallest absolute Gasteiger partial charge is 0.101 e. The maximum atomic E-state index is 9.75. The van der Waals surface area contributed by atoms with E-state index in [-0.39, 0.29) is 66.1 Å². The van der Waals surface area contributed by atoms with Gasteiger partial charge < -0.3 is 59.4 Å². The van der Waals surface area contributed by atoms with Crippen molar-refractivity contribution in [2.24, 2.45) is 0 Å². The van der Waals surface area contributed by atoms with Crippen LogP contribution < -0.4 is 0 Å². The first-order valence-corrected chi connectivity index (χ1v) is 10.4. The molecule has 0 aromatic rings. The number of hydrogen-bond acceptors (Lipinski definition) is 12.